The molecule has 0 aliphatic carbocycles. The first-order valence-electron chi connectivity index (χ1n) is 9.65. The lowest BCUT2D eigenvalue weighted by atomic mass is 10.0. The fraction of sp³-hybridized carbons (Fsp3) is 0.261. The normalized spacial score (nSPS) is 16.8. The molecule has 1 aliphatic heterocycles. The molecule has 0 saturated carbocycles. The van der Waals surface area contributed by atoms with Crippen LogP contribution in [0.2, 0.25) is 0 Å². The number of nitrogens with zero attached hydrogens (tertiary/aromatic N) is 2. The maximum atomic E-state index is 12.8. The van der Waals surface area contributed by atoms with Gasteiger partial charge in [0.1, 0.15) is 0 Å². The SMILES string of the molecule is CC1CCN(S(=O)(=O)c2ccc(N=Cc3ccc4ccccc4c3)cc2)CC1. The first-order valence-corrected chi connectivity index (χ1v) is 11.1. The van der Waals surface area contributed by atoms with Crippen LogP contribution in [0.15, 0.2) is 76.6 Å². The fourth-order valence-electron chi connectivity index (χ4n) is 3.52. The summed E-state index contributed by atoms with van der Waals surface area (Å²) in [5.74, 6) is 0.596. The second kappa shape index (κ2) is 7.86. The van der Waals surface area contributed by atoms with Crippen LogP contribution < -0.4 is 0 Å². The number of hydrogen-bond donors (Lipinski definition) is 0. The van der Waals surface area contributed by atoms with Crippen LogP contribution in [0, 0.1) is 5.92 Å². The molecular weight excluding hydrogens is 368 g/mol. The number of sulfonamides is 1. The molecule has 0 amide bonds. The molecule has 4 rings (SSSR count). The second-order valence-corrected chi connectivity index (χ2v) is 9.38. The summed E-state index contributed by atoms with van der Waals surface area (Å²) in [5.41, 5.74) is 1.75. The molecule has 0 aromatic heterocycles. The highest BCUT2D eigenvalue weighted by Crippen LogP contribution is 2.25. The Labute approximate surface area is 166 Å². The molecule has 3 aromatic carbocycles. The smallest absolute Gasteiger partial charge is 0.243 e. The van der Waals surface area contributed by atoms with Crippen LogP contribution in [0.1, 0.15) is 25.3 Å². The Bertz CT molecular complexity index is 1100. The molecule has 4 nitrogen and oxygen atoms in total. The van der Waals surface area contributed by atoms with Crippen LogP contribution in [-0.4, -0.2) is 32.0 Å². The molecule has 1 heterocycles. The van der Waals surface area contributed by atoms with Gasteiger partial charge in [0.05, 0.1) is 10.6 Å². The Morgan fingerprint density at radius 3 is 2.32 bits per heavy atom. The van der Waals surface area contributed by atoms with Crippen LogP contribution in [-0.2, 0) is 10.0 Å². The number of rotatable bonds is 4. The van der Waals surface area contributed by atoms with E-state index in [0.29, 0.717) is 23.9 Å². The molecule has 1 fully saturated rings. The average molecular weight is 393 g/mol. The molecule has 0 spiro atoms. The Hall–Kier alpha value is -2.50. The van der Waals surface area contributed by atoms with E-state index in [9.17, 15) is 8.42 Å². The van der Waals surface area contributed by atoms with E-state index in [1.165, 1.54) is 10.8 Å². The Kier molecular flexibility index (Phi) is 5.29. The van der Waals surface area contributed by atoms with Crippen molar-refractivity contribution in [3.8, 4) is 0 Å². The quantitative estimate of drug-likeness (QED) is 0.586. The van der Waals surface area contributed by atoms with Crippen molar-refractivity contribution in [1.29, 1.82) is 0 Å². The Morgan fingerprint density at radius 1 is 0.929 bits per heavy atom. The topological polar surface area (TPSA) is 49.7 Å². The Morgan fingerprint density at radius 2 is 1.61 bits per heavy atom. The van der Waals surface area contributed by atoms with Crippen molar-refractivity contribution in [3.63, 3.8) is 0 Å². The summed E-state index contributed by atoms with van der Waals surface area (Å²) >= 11 is 0. The van der Waals surface area contributed by atoms with Gasteiger partial charge in [0.15, 0.2) is 0 Å². The van der Waals surface area contributed by atoms with Crippen LogP contribution in [0.4, 0.5) is 5.69 Å². The number of piperidine rings is 1. The maximum Gasteiger partial charge on any atom is 0.243 e. The minimum atomic E-state index is -3.41. The van der Waals surface area contributed by atoms with Crippen molar-refractivity contribution in [2.75, 3.05) is 13.1 Å². The van der Waals surface area contributed by atoms with E-state index in [-0.39, 0.29) is 0 Å². The van der Waals surface area contributed by atoms with Gasteiger partial charge in [0.25, 0.3) is 0 Å². The number of aliphatic imine (C=N–C) groups is 1. The van der Waals surface area contributed by atoms with Crippen molar-refractivity contribution in [1.82, 2.24) is 4.31 Å². The highest BCUT2D eigenvalue weighted by molar-refractivity contribution is 7.89. The predicted molar refractivity (Wildman–Crippen MR) is 115 cm³/mol. The molecular formula is C23H24N2O2S. The lowest BCUT2D eigenvalue weighted by molar-refractivity contribution is 0.288. The highest BCUT2D eigenvalue weighted by Gasteiger charge is 2.27. The summed E-state index contributed by atoms with van der Waals surface area (Å²) in [4.78, 5) is 4.84. The zero-order valence-electron chi connectivity index (χ0n) is 16.0. The average Bonchev–Trinajstić information content (AvgIpc) is 2.73. The minimum Gasteiger partial charge on any atom is -0.256 e. The summed E-state index contributed by atoms with van der Waals surface area (Å²) < 4.78 is 27.2. The molecule has 0 N–H and O–H groups in total. The third-order valence-corrected chi connectivity index (χ3v) is 7.27. The van der Waals surface area contributed by atoms with Crippen molar-refractivity contribution in [2.45, 2.75) is 24.7 Å². The van der Waals surface area contributed by atoms with Crippen molar-refractivity contribution in [2.24, 2.45) is 10.9 Å². The van der Waals surface area contributed by atoms with Gasteiger partial charge in [-0.05, 0) is 65.4 Å². The molecule has 28 heavy (non-hydrogen) atoms. The van der Waals surface area contributed by atoms with E-state index in [4.69, 9.17) is 0 Å². The third-order valence-electron chi connectivity index (χ3n) is 5.35. The van der Waals surface area contributed by atoms with Crippen LogP contribution in [0.25, 0.3) is 10.8 Å². The predicted octanol–water partition coefficient (Wildman–Crippen LogP) is 5.01. The molecule has 0 radical (unpaired) electrons. The van der Waals surface area contributed by atoms with E-state index in [2.05, 4.69) is 36.2 Å². The molecule has 3 aromatic rings. The lowest BCUT2D eigenvalue weighted by Crippen LogP contribution is -2.37. The number of hydrogen-bond acceptors (Lipinski definition) is 3. The van der Waals surface area contributed by atoms with E-state index >= 15 is 0 Å². The zero-order chi connectivity index (χ0) is 19.6. The van der Waals surface area contributed by atoms with E-state index in [0.717, 1.165) is 24.1 Å². The van der Waals surface area contributed by atoms with Gasteiger partial charge in [-0.15, -0.1) is 0 Å². The molecule has 0 bridgehead atoms. The molecule has 5 heteroatoms. The van der Waals surface area contributed by atoms with Crippen LogP contribution in [0.3, 0.4) is 0 Å². The monoisotopic (exact) mass is 392 g/mol. The van der Waals surface area contributed by atoms with Crippen LogP contribution >= 0.6 is 0 Å². The van der Waals surface area contributed by atoms with Crippen molar-refractivity contribution >= 4 is 32.7 Å². The standard InChI is InChI=1S/C23H24N2O2S/c1-18-12-14-25(15-13-18)28(26,27)23-10-8-22(9-11-23)24-17-19-6-7-20-4-2-3-5-21(20)16-19/h2-11,16-18H,12-15H2,1H3. The molecule has 0 unspecified atom stereocenters. The van der Waals surface area contributed by atoms with Gasteiger partial charge in [-0.2, -0.15) is 4.31 Å². The summed E-state index contributed by atoms with van der Waals surface area (Å²) in [6.45, 7) is 3.38. The van der Waals surface area contributed by atoms with Gasteiger partial charge in [-0.3, -0.25) is 4.99 Å². The number of fused-ring (bicyclic) bond motifs is 1. The maximum absolute atomic E-state index is 12.8. The molecule has 0 atom stereocenters. The van der Waals surface area contributed by atoms with Gasteiger partial charge in [0, 0.05) is 19.3 Å². The summed E-state index contributed by atoms with van der Waals surface area (Å²) in [5, 5.41) is 2.37. The lowest BCUT2D eigenvalue weighted by Gasteiger charge is -2.29. The zero-order valence-corrected chi connectivity index (χ0v) is 16.8. The first-order chi connectivity index (χ1) is 13.5. The van der Waals surface area contributed by atoms with Gasteiger partial charge in [-0.1, -0.05) is 43.3 Å². The van der Waals surface area contributed by atoms with Crippen LogP contribution in [0.5, 0.6) is 0 Å². The minimum absolute atomic E-state index is 0.340. The van der Waals surface area contributed by atoms with E-state index in [1.54, 1.807) is 28.6 Å². The summed E-state index contributed by atoms with van der Waals surface area (Å²) in [7, 11) is -3.41. The van der Waals surface area contributed by atoms with E-state index < -0.39 is 10.0 Å². The summed E-state index contributed by atoms with van der Waals surface area (Å²) in [6.07, 6.45) is 3.66. The van der Waals surface area contributed by atoms with Gasteiger partial charge in [-0.25, -0.2) is 8.42 Å². The largest absolute Gasteiger partial charge is 0.256 e. The summed E-state index contributed by atoms with van der Waals surface area (Å²) in [6, 6.07) is 21.2. The van der Waals surface area contributed by atoms with Crippen molar-refractivity contribution in [3.05, 3.63) is 72.3 Å². The van der Waals surface area contributed by atoms with E-state index in [1.807, 2.05) is 24.4 Å². The fourth-order valence-corrected chi connectivity index (χ4v) is 4.99. The molecule has 1 aliphatic rings. The Balaban J connectivity index is 1.50. The molecule has 1 saturated heterocycles. The highest BCUT2D eigenvalue weighted by atomic mass is 32.2. The third kappa shape index (κ3) is 4.01. The van der Waals surface area contributed by atoms with Gasteiger partial charge in [0.2, 0.25) is 10.0 Å². The number of benzene rings is 3. The van der Waals surface area contributed by atoms with Gasteiger partial charge >= 0.3 is 0 Å². The first kappa shape index (κ1) is 18.8. The van der Waals surface area contributed by atoms with Gasteiger partial charge < -0.3 is 0 Å². The molecule has 144 valence electrons. The van der Waals surface area contributed by atoms with Crippen molar-refractivity contribution < 1.29 is 8.42 Å². The second-order valence-electron chi connectivity index (χ2n) is 7.45.